The van der Waals surface area contributed by atoms with Crippen LogP contribution in [-0.4, -0.2) is 6.29 Å². The van der Waals surface area contributed by atoms with Crippen LogP contribution >= 0.6 is 31.9 Å². The number of rotatable bonds is 12. The van der Waals surface area contributed by atoms with Crippen molar-refractivity contribution in [3.63, 3.8) is 0 Å². The average molecular weight is 408 g/mol. The van der Waals surface area contributed by atoms with Gasteiger partial charge < -0.3 is 4.79 Å². The molecule has 0 saturated heterocycles. The summed E-state index contributed by atoms with van der Waals surface area (Å²) < 4.78 is 2.23. The fourth-order valence-corrected chi connectivity index (χ4v) is 3.21. The molecule has 0 aliphatic heterocycles. The highest BCUT2D eigenvalue weighted by Crippen LogP contribution is 2.29. The van der Waals surface area contributed by atoms with Crippen molar-refractivity contribution >= 4 is 38.1 Å². The van der Waals surface area contributed by atoms with Crippen LogP contribution in [0.4, 0.5) is 0 Å². The summed E-state index contributed by atoms with van der Waals surface area (Å²) in [6.07, 6.45) is 11.0. The Labute approximate surface area is 141 Å². The molecule has 3 heteroatoms. The van der Waals surface area contributed by atoms with Gasteiger partial charge in [-0.3, -0.25) is 0 Å². The van der Waals surface area contributed by atoms with Gasteiger partial charge in [-0.15, -0.1) is 0 Å². The Morgan fingerprint density at radius 3 is 2.05 bits per heavy atom. The number of hydrogen-bond acceptors (Lipinski definition) is 1. The third-order valence-electron chi connectivity index (χ3n) is 3.46. The maximum Gasteiger partial charge on any atom is 0.123 e. The molecule has 0 fully saturated rings. The van der Waals surface area contributed by atoms with Crippen molar-refractivity contribution in [1.29, 1.82) is 0 Å². The number of aldehydes is 1. The quantitative estimate of drug-likeness (QED) is 0.321. The number of unbranched alkanes of at least 4 members (excludes halogenated alkanes) is 2. The van der Waals surface area contributed by atoms with Gasteiger partial charge >= 0.3 is 0 Å². The molecule has 1 atom stereocenters. The normalized spacial score (nSPS) is 12.0. The molecule has 0 rings (SSSR count). The predicted octanol–water partition coefficient (Wildman–Crippen LogP) is 6.91. The van der Waals surface area contributed by atoms with E-state index >= 15 is 0 Å². The van der Waals surface area contributed by atoms with Gasteiger partial charge in [-0.2, -0.15) is 0 Å². The molecular weight excluding hydrogens is 380 g/mol. The molecule has 1 nitrogen and oxygen atoms in total. The predicted molar refractivity (Wildman–Crippen MR) is 96.5 cm³/mol. The van der Waals surface area contributed by atoms with E-state index in [1.54, 1.807) is 5.57 Å². The van der Waals surface area contributed by atoms with Crippen LogP contribution in [0.5, 0.6) is 0 Å². The zero-order valence-electron chi connectivity index (χ0n) is 12.9. The average Bonchev–Trinajstić information content (AvgIpc) is 2.42. The second kappa shape index (κ2) is 12.8. The minimum atomic E-state index is 0.0769. The maximum absolute atomic E-state index is 11.1. The molecule has 0 amide bonds. The van der Waals surface area contributed by atoms with Crippen LogP contribution in [0.3, 0.4) is 0 Å². The number of halogens is 2. The second-order valence-electron chi connectivity index (χ2n) is 5.37. The standard InChI is InChI=1S/C17H28Br2O/c1-4-6-8-16(9-7-5-2)17(19)11-10-15(13-20)12-14(3)18/h13,15H,3-12H2,1-2H3. The first kappa shape index (κ1) is 20.1. The zero-order valence-corrected chi connectivity index (χ0v) is 16.1. The molecule has 0 aromatic heterocycles. The molecule has 0 aliphatic rings. The molecule has 0 aromatic rings. The lowest BCUT2D eigenvalue weighted by atomic mass is 9.97. The number of carbonyl (C=O) groups excluding carboxylic acids is 1. The van der Waals surface area contributed by atoms with Gasteiger partial charge in [0.2, 0.25) is 0 Å². The van der Waals surface area contributed by atoms with Crippen molar-refractivity contribution < 1.29 is 4.79 Å². The second-order valence-corrected chi connectivity index (χ2v) is 7.45. The Balaban J connectivity index is 4.50. The van der Waals surface area contributed by atoms with Gasteiger partial charge in [0.25, 0.3) is 0 Å². The van der Waals surface area contributed by atoms with E-state index < -0.39 is 0 Å². The van der Waals surface area contributed by atoms with Crippen LogP contribution in [0.1, 0.15) is 71.6 Å². The van der Waals surface area contributed by atoms with Gasteiger partial charge in [-0.05, 0) is 53.9 Å². The summed E-state index contributed by atoms with van der Waals surface area (Å²) in [6.45, 7) is 8.28. The summed E-state index contributed by atoms with van der Waals surface area (Å²) in [7, 11) is 0. The molecule has 0 spiro atoms. The van der Waals surface area contributed by atoms with E-state index in [1.165, 1.54) is 43.0 Å². The van der Waals surface area contributed by atoms with Crippen LogP contribution in [0.2, 0.25) is 0 Å². The molecule has 1 unspecified atom stereocenters. The Kier molecular flexibility index (Phi) is 12.9. The first-order valence-electron chi connectivity index (χ1n) is 7.70. The smallest absolute Gasteiger partial charge is 0.123 e. The van der Waals surface area contributed by atoms with Crippen molar-refractivity contribution in [1.82, 2.24) is 0 Å². The van der Waals surface area contributed by atoms with Crippen LogP contribution in [0.25, 0.3) is 0 Å². The summed E-state index contributed by atoms with van der Waals surface area (Å²) in [4.78, 5) is 11.1. The van der Waals surface area contributed by atoms with Crippen LogP contribution < -0.4 is 0 Å². The number of allylic oxidation sites excluding steroid dienone is 3. The fourth-order valence-electron chi connectivity index (χ4n) is 2.17. The van der Waals surface area contributed by atoms with E-state index in [2.05, 4.69) is 52.3 Å². The van der Waals surface area contributed by atoms with Gasteiger partial charge in [0.05, 0.1) is 0 Å². The summed E-state index contributed by atoms with van der Waals surface area (Å²) in [5.41, 5.74) is 1.55. The van der Waals surface area contributed by atoms with Gasteiger partial charge in [0, 0.05) is 5.92 Å². The van der Waals surface area contributed by atoms with E-state index in [0.29, 0.717) is 0 Å². The van der Waals surface area contributed by atoms with Crippen molar-refractivity contribution in [3.05, 3.63) is 21.1 Å². The lowest BCUT2D eigenvalue weighted by molar-refractivity contribution is -0.111. The first-order valence-corrected chi connectivity index (χ1v) is 9.28. The van der Waals surface area contributed by atoms with Crippen molar-refractivity contribution in [2.24, 2.45) is 5.92 Å². The largest absolute Gasteiger partial charge is 0.303 e. The molecule has 0 radical (unpaired) electrons. The zero-order chi connectivity index (χ0) is 15.4. The summed E-state index contributed by atoms with van der Waals surface area (Å²) in [5, 5.41) is 0. The van der Waals surface area contributed by atoms with E-state index in [9.17, 15) is 4.79 Å². The van der Waals surface area contributed by atoms with Crippen LogP contribution in [-0.2, 0) is 4.79 Å². The lowest BCUT2D eigenvalue weighted by Crippen LogP contribution is -2.02. The third kappa shape index (κ3) is 9.93. The van der Waals surface area contributed by atoms with Gasteiger partial charge in [0.1, 0.15) is 6.29 Å². The number of hydrogen-bond donors (Lipinski definition) is 0. The minimum absolute atomic E-state index is 0.0769. The summed E-state index contributed by atoms with van der Waals surface area (Å²) in [5.74, 6) is 0.0769. The monoisotopic (exact) mass is 406 g/mol. The third-order valence-corrected chi connectivity index (χ3v) is 4.74. The van der Waals surface area contributed by atoms with E-state index in [1.807, 2.05) is 0 Å². The highest BCUT2D eigenvalue weighted by atomic mass is 79.9. The van der Waals surface area contributed by atoms with Crippen LogP contribution in [0, 0.1) is 5.92 Å². The SMILES string of the molecule is C=C(Br)CC(C=O)CCC(Br)=C(CCCC)CCCC. The fraction of sp³-hybridized carbons (Fsp3) is 0.706. The first-order chi connectivity index (χ1) is 9.54. The molecule has 0 aromatic carbocycles. The molecule has 0 aliphatic carbocycles. The molecule has 0 saturated carbocycles. The van der Waals surface area contributed by atoms with Gasteiger partial charge in [-0.25, -0.2) is 0 Å². The Hall–Kier alpha value is 0.110. The van der Waals surface area contributed by atoms with E-state index in [-0.39, 0.29) is 5.92 Å². The van der Waals surface area contributed by atoms with Gasteiger partial charge in [0.15, 0.2) is 0 Å². The van der Waals surface area contributed by atoms with Crippen LogP contribution in [0.15, 0.2) is 21.1 Å². The van der Waals surface area contributed by atoms with E-state index in [0.717, 1.165) is 30.0 Å². The Morgan fingerprint density at radius 1 is 1.10 bits per heavy atom. The lowest BCUT2D eigenvalue weighted by Gasteiger charge is -2.13. The van der Waals surface area contributed by atoms with E-state index in [4.69, 9.17) is 0 Å². The molecule has 0 bridgehead atoms. The molecule has 116 valence electrons. The molecule has 20 heavy (non-hydrogen) atoms. The van der Waals surface area contributed by atoms with Crippen molar-refractivity contribution in [2.45, 2.75) is 71.6 Å². The molecule has 0 heterocycles. The maximum atomic E-state index is 11.1. The number of carbonyl (C=O) groups is 1. The molecular formula is C17H28Br2O. The van der Waals surface area contributed by atoms with Crippen molar-refractivity contribution in [2.75, 3.05) is 0 Å². The minimum Gasteiger partial charge on any atom is -0.303 e. The summed E-state index contributed by atoms with van der Waals surface area (Å²) in [6, 6.07) is 0. The Morgan fingerprint density at radius 2 is 1.65 bits per heavy atom. The topological polar surface area (TPSA) is 17.1 Å². The highest BCUT2D eigenvalue weighted by molar-refractivity contribution is 9.12. The highest BCUT2D eigenvalue weighted by Gasteiger charge is 2.11. The van der Waals surface area contributed by atoms with Crippen molar-refractivity contribution in [3.8, 4) is 0 Å². The summed E-state index contributed by atoms with van der Waals surface area (Å²) >= 11 is 7.10. The Bertz CT molecular complexity index is 311. The van der Waals surface area contributed by atoms with Gasteiger partial charge in [-0.1, -0.05) is 70.7 Å². The molecule has 0 N–H and O–H groups in total.